The largest absolute Gasteiger partial charge is 0.493 e. The second-order valence-corrected chi connectivity index (χ2v) is 2.15. The highest BCUT2D eigenvalue weighted by molar-refractivity contribution is 5.52. The Balaban J connectivity index is 0.000000791. The number of methoxy groups -OCH3 is 2. The summed E-state index contributed by atoms with van der Waals surface area (Å²) < 4.78 is 10.0. The van der Waals surface area contributed by atoms with Gasteiger partial charge < -0.3 is 9.47 Å². The molecule has 0 fully saturated rings. The Labute approximate surface area is 84.9 Å². The van der Waals surface area contributed by atoms with Gasteiger partial charge in [0.2, 0.25) is 0 Å². The molecule has 0 bridgehead atoms. The smallest absolute Gasteiger partial charge is 0.178 e. The number of nitrogens with zero attached hydrogens (tertiary/aromatic N) is 1. The van der Waals surface area contributed by atoms with Crippen LogP contribution in [0.15, 0.2) is 18.2 Å². The van der Waals surface area contributed by atoms with E-state index < -0.39 is 0 Å². The molecule has 3 heteroatoms. The summed E-state index contributed by atoms with van der Waals surface area (Å²) >= 11 is 0. The zero-order valence-corrected chi connectivity index (χ0v) is 9.00. The van der Waals surface area contributed by atoms with Crippen LogP contribution in [0.25, 0.3) is 0 Å². The van der Waals surface area contributed by atoms with Gasteiger partial charge in [-0.1, -0.05) is 19.9 Å². The zero-order chi connectivity index (χ0) is 11.0. The molecule has 0 spiro atoms. The van der Waals surface area contributed by atoms with Crippen molar-refractivity contribution >= 4 is 0 Å². The Morgan fingerprint density at radius 2 is 1.79 bits per heavy atom. The van der Waals surface area contributed by atoms with Crippen molar-refractivity contribution < 1.29 is 9.47 Å². The first-order valence-electron chi connectivity index (χ1n) is 4.44. The lowest BCUT2D eigenvalue weighted by Crippen LogP contribution is -1.92. The minimum absolute atomic E-state index is 0.483. The summed E-state index contributed by atoms with van der Waals surface area (Å²) in [5.74, 6) is 1.07. The van der Waals surface area contributed by atoms with Crippen LogP contribution >= 0.6 is 0 Å². The molecule has 0 aliphatic heterocycles. The maximum Gasteiger partial charge on any atom is 0.178 e. The van der Waals surface area contributed by atoms with Crippen LogP contribution in [0, 0.1) is 11.3 Å². The summed E-state index contributed by atoms with van der Waals surface area (Å²) in [6, 6.07) is 7.20. The molecule has 1 aromatic rings. The lowest BCUT2D eigenvalue weighted by molar-refractivity contribution is 0.354. The highest BCUT2D eigenvalue weighted by Gasteiger charge is 2.07. The molecule has 0 N–H and O–H groups in total. The summed E-state index contributed by atoms with van der Waals surface area (Å²) in [4.78, 5) is 0. The number of rotatable bonds is 2. The van der Waals surface area contributed by atoms with Gasteiger partial charge in [-0.2, -0.15) is 5.26 Å². The van der Waals surface area contributed by atoms with Crippen molar-refractivity contribution in [2.45, 2.75) is 13.8 Å². The highest BCUT2D eigenvalue weighted by atomic mass is 16.5. The fourth-order valence-corrected chi connectivity index (χ4v) is 0.975. The minimum Gasteiger partial charge on any atom is -0.493 e. The van der Waals surface area contributed by atoms with Gasteiger partial charge in [-0.3, -0.25) is 0 Å². The monoisotopic (exact) mass is 193 g/mol. The van der Waals surface area contributed by atoms with E-state index in [1.54, 1.807) is 25.3 Å². The Morgan fingerprint density at radius 1 is 1.14 bits per heavy atom. The molecule has 0 aromatic heterocycles. The first kappa shape index (κ1) is 12.3. The maximum atomic E-state index is 8.68. The minimum atomic E-state index is 0.483. The molecule has 0 aliphatic carbocycles. The van der Waals surface area contributed by atoms with Gasteiger partial charge in [0, 0.05) is 0 Å². The maximum absolute atomic E-state index is 8.68. The topological polar surface area (TPSA) is 42.2 Å². The summed E-state index contributed by atoms with van der Waals surface area (Å²) in [5, 5.41) is 8.68. The molecule has 0 atom stereocenters. The van der Waals surface area contributed by atoms with Crippen LogP contribution in [0.5, 0.6) is 11.5 Å². The SMILES string of the molecule is CC.COc1cccc(C#N)c1OC. The standard InChI is InChI=1S/C9H9NO2.C2H6/c1-11-8-5-3-4-7(6-10)9(8)12-2;1-2/h3-5H,1-2H3;1-2H3. The van der Waals surface area contributed by atoms with E-state index in [0.29, 0.717) is 17.1 Å². The van der Waals surface area contributed by atoms with Crippen molar-refractivity contribution in [2.75, 3.05) is 14.2 Å². The van der Waals surface area contributed by atoms with Gasteiger partial charge in [0.25, 0.3) is 0 Å². The van der Waals surface area contributed by atoms with E-state index in [2.05, 4.69) is 0 Å². The molecule has 3 nitrogen and oxygen atoms in total. The van der Waals surface area contributed by atoms with Crippen LogP contribution < -0.4 is 9.47 Å². The molecular weight excluding hydrogens is 178 g/mol. The van der Waals surface area contributed by atoms with E-state index in [-0.39, 0.29) is 0 Å². The number of nitriles is 1. The van der Waals surface area contributed by atoms with Crippen LogP contribution in [0.2, 0.25) is 0 Å². The third-order valence-corrected chi connectivity index (χ3v) is 1.52. The molecule has 0 aliphatic rings. The Hall–Kier alpha value is -1.69. The quantitative estimate of drug-likeness (QED) is 0.725. The van der Waals surface area contributed by atoms with Crippen molar-refractivity contribution in [2.24, 2.45) is 0 Å². The van der Waals surface area contributed by atoms with Gasteiger partial charge in [0.1, 0.15) is 6.07 Å². The second-order valence-electron chi connectivity index (χ2n) is 2.15. The van der Waals surface area contributed by atoms with Crippen molar-refractivity contribution in [1.82, 2.24) is 0 Å². The summed E-state index contributed by atoms with van der Waals surface area (Å²) in [6.45, 7) is 4.00. The lowest BCUT2D eigenvalue weighted by atomic mass is 10.2. The molecule has 0 unspecified atom stereocenters. The van der Waals surface area contributed by atoms with Crippen LogP contribution in [-0.2, 0) is 0 Å². The molecule has 1 aromatic carbocycles. The van der Waals surface area contributed by atoms with Crippen molar-refractivity contribution in [1.29, 1.82) is 5.26 Å². The average molecular weight is 193 g/mol. The molecule has 0 saturated carbocycles. The Morgan fingerprint density at radius 3 is 2.21 bits per heavy atom. The van der Waals surface area contributed by atoms with Gasteiger partial charge in [0.15, 0.2) is 11.5 Å². The predicted molar refractivity (Wildman–Crippen MR) is 55.6 cm³/mol. The van der Waals surface area contributed by atoms with Crippen LogP contribution in [0.4, 0.5) is 0 Å². The summed E-state index contributed by atoms with van der Waals surface area (Å²) in [5.41, 5.74) is 0.483. The van der Waals surface area contributed by atoms with Gasteiger partial charge in [-0.15, -0.1) is 0 Å². The van der Waals surface area contributed by atoms with Gasteiger partial charge >= 0.3 is 0 Å². The summed E-state index contributed by atoms with van der Waals surface area (Å²) in [7, 11) is 3.05. The van der Waals surface area contributed by atoms with Gasteiger partial charge in [-0.25, -0.2) is 0 Å². The van der Waals surface area contributed by atoms with Gasteiger partial charge in [0.05, 0.1) is 19.8 Å². The van der Waals surface area contributed by atoms with E-state index in [4.69, 9.17) is 14.7 Å². The van der Waals surface area contributed by atoms with Crippen molar-refractivity contribution in [3.8, 4) is 17.6 Å². The Kier molecular flexibility index (Phi) is 5.97. The van der Waals surface area contributed by atoms with Crippen LogP contribution in [-0.4, -0.2) is 14.2 Å². The fraction of sp³-hybridized carbons (Fsp3) is 0.364. The fourth-order valence-electron chi connectivity index (χ4n) is 0.975. The number of hydrogen-bond donors (Lipinski definition) is 0. The third-order valence-electron chi connectivity index (χ3n) is 1.52. The van der Waals surface area contributed by atoms with E-state index in [0.717, 1.165) is 0 Å². The lowest BCUT2D eigenvalue weighted by Gasteiger charge is -2.07. The van der Waals surface area contributed by atoms with E-state index in [1.807, 2.05) is 19.9 Å². The molecule has 1 rings (SSSR count). The molecule has 76 valence electrons. The van der Waals surface area contributed by atoms with Crippen LogP contribution in [0.3, 0.4) is 0 Å². The number of hydrogen-bond acceptors (Lipinski definition) is 3. The zero-order valence-electron chi connectivity index (χ0n) is 9.00. The van der Waals surface area contributed by atoms with E-state index >= 15 is 0 Å². The molecule has 14 heavy (non-hydrogen) atoms. The number of ether oxygens (including phenoxy) is 2. The molecule has 0 heterocycles. The highest BCUT2D eigenvalue weighted by Crippen LogP contribution is 2.29. The van der Waals surface area contributed by atoms with E-state index in [9.17, 15) is 0 Å². The van der Waals surface area contributed by atoms with Crippen LogP contribution in [0.1, 0.15) is 19.4 Å². The van der Waals surface area contributed by atoms with Gasteiger partial charge in [-0.05, 0) is 12.1 Å². The number of benzene rings is 1. The van der Waals surface area contributed by atoms with Crippen molar-refractivity contribution in [3.05, 3.63) is 23.8 Å². The predicted octanol–water partition coefficient (Wildman–Crippen LogP) is 2.60. The molecule has 0 saturated heterocycles. The summed E-state index contributed by atoms with van der Waals surface area (Å²) in [6.07, 6.45) is 0. The molecule has 0 radical (unpaired) electrons. The van der Waals surface area contributed by atoms with Crippen molar-refractivity contribution in [3.63, 3.8) is 0 Å². The normalized spacial score (nSPS) is 7.93. The Bertz CT molecular complexity index is 316. The first-order chi connectivity index (χ1) is 6.83. The number of para-hydroxylation sites is 1. The third kappa shape index (κ3) is 2.67. The first-order valence-corrected chi connectivity index (χ1v) is 4.44. The molecule has 0 amide bonds. The average Bonchev–Trinajstić information content (AvgIpc) is 2.30. The second kappa shape index (κ2) is 6.79. The molecular formula is C11H15NO2. The van der Waals surface area contributed by atoms with E-state index in [1.165, 1.54) is 7.11 Å².